The zero-order valence-electron chi connectivity index (χ0n) is 17.8. The van der Waals surface area contributed by atoms with Gasteiger partial charge in [-0.05, 0) is 43.5 Å². The van der Waals surface area contributed by atoms with Crippen LogP contribution in [0.5, 0.6) is 0 Å². The number of carbonyl (C=O) groups is 2. The summed E-state index contributed by atoms with van der Waals surface area (Å²) in [6.07, 6.45) is 7.15. The molecule has 4 N–H and O–H groups in total. The minimum atomic E-state index is -3.91. The Morgan fingerprint density at radius 3 is 2.45 bits per heavy atom. The van der Waals surface area contributed by atoms with Crippen molar-refractivity contribution in [1.82, 2.24) is 14.9 Å². The van der Waals surface area contributed by atoms with Crippen LogP contribution in [0.15, 0.2) is 35.2 Å². The van der Waals surface area contributed by atoms with Crippen molar-refractivity contribution in [1.29, 1.82) is 0 Å². The predicted octanol–water partition coefficient (Wildman–Crippen LogP) is 2.80. The molecular weight excluding hydrogens is 418 g/mol. The maximum absolute atomic E-state index is 12.6. The first-order valence-corrected chi connectivity index (χ1v) is 12.0. The Balaban J connectivity index is 1.55. The van der Waals surface area contributed by atoms with Gasteiger partial charge in [-0.1, -0.05) is 32.1 Å². The van der Waals surface area contributed by atoms with E-state index in [9.17, 15) is 18.0 Å². The van der Waals surface area contributed by atoms with E-state index in [2.05, 4.69) is 25.6 Å². The lowest BCUT2D eigenvalue weighted by atomic mass is 9.86. The highest BCUT2D eigenvalue weighted by Crippen LogP contribution is 2.26. The number of hydrogen-bond donors (Lipinski definition) is 4. The molecule has 1 aliphatic carbocycles. The van der Waals surface area contributed by atoms with E-state index < -0.39 is 22.0 Å². The Bertz CT molecular complexity index is 1010. The second-order valence-corrected chi connectivity index (χ2v) is 9.74. The normalized spacial score (nSPS) is 15.9. The van der Waals surface area contributed by atoms with Gasteiger partial charge in [-0.15, -0.1) is 0 Å². The van der Waals surface area contributed by atoms with Gasteiger partial charge in [0.2, 0.25) is 21.8 Å². The van der Waals surface area contributed by atoms with E-state index in [1.165, 1.54) is 70.2 Å². The number of aromatic amines is 1. The topological polar surface area (TPSA) is 133 Å². The SMILES string of the molecule is CC(=O)Nc1ccc(S(=O)(=O)N[C@@H](C)C(=O)Nc2cc(CC3CCCCC3)[nH]n2)cc1. The van der Waals surface area contributed by atoms with Crippen LogP contribution in [0.25, 0.3) is 0 Å². The van der Waals surface area contributed by atoms with Crippen molar-refractivity contribution in [3.63, 3.8) is 0 Å². The molecular formula is C21H29N5O4S. The molecule has 2 amide bonds. The van der Waals surface area contributed by atoms with E-state index in [0.717, 1.165) is 12.1 Å². The van der Waals surface area contributed by atoms with E-state index in [4.69, 9.17) is 0 Å². The number of carbonyl (C=O) groups excluding carboxylic acids is 2. The quantitative estimate of drug-likeness (QED) is 0.494. The summed E-state index contributed by atoms with van der Waals surface area (Å²) in [7, 11) is -3.91. The van der Waals surface area contributed by atoms with E-state index in [1.807, 2.05) is 0 Å². The molecule has 0 radical (unpaired) electrons. The molecule has 1 aromatic heterocycles. The lowest BCUT2D eigenvalue weighted by Crippen LogP contribution is -2.41. The molecule has 0 bridgehead atoms. The third-order valence-electron chi connectivity index (χ3n) is 5.33. The number of H-pyrrole nitrogens is 1. The predicted molar refractivity (Wildman–Crippen MR) is 118 cm³/mol. The van der Waals surface area contributed by atoms with Gasteiger partial charge in [0.15, 0.2) is 5.82 Å². The Labute approximate surface area is 182 Å². The van der Waals surface area contributed by atoms with Crippen molar-refractivity contribution >= 4 is 33.3 Å². The Kier molecular flexibility index (Phi) is 7.45. The zero-order chi connectivity index (χ0) is 22.4. The second kappa shape index (κ2) is 10.1. The van der Waals surface area contributed by atoms with E-state index in [1.54, 1.807) is 6.07 Å². The van der Waals surface area contributed by atoms with Crippen LogP contribution in [0.1, 0.15) is 51.6 Å². The van der Waals surface area contributed by atoms with Gasteiger partial charge >= 0.3 is 0 Å². The number of hydrogen-bond acceptors (Lipinski definition) is 5. The van der Waals surface area contributed by atoms with Crippen molar-refractivity contribution in [2.75, 3.05) is 10.6 Å². The highest BCUT2D eigenvalue weighted by atomic mass is 32.2. The summed E-state index contributed by atoms with van der Waals surface area (Å²) in [6.45, 7) is 2.83. The molecule has 2 aromatic rings. The van der Waals surface area contributed by atoms with Gasteiger partial charge in [-0.25, -0.2) is 8.42 Å². The first-order chi connectivity index (χ1) is 14.7. The molecule has 10 heteroatoms. The standard InChI is InChI=1S/C21H29N5O4S/c1-14(26-31(29,30)19-10-8-17(9-11-19)22-15(2)27)21(28)23-20-13-18(24-25-20)12-16-6-4-3-5-7-16/h8-11,13-14,16,26H,3-7,12H2,1-2H3,(H,22,27)(H2,23,24,25,28)/t14-/m0/s1. The Hall–Kier alpha value is -2.72. The third-order valence-corrected chi connectivity index (χ3v) is 6.88. The van der Waals surface area contributed by atoms with Crippen LogP contribution in [-0.2, 0) is 26.0 Å². The highest BCUT2D eigenvalue weighted by molar-refractivity contribution is 7.89. The summed E-state index contributed by atoms with van der Waals surface area (Å²) >= 11 is 0. The molecule has 1 heterocycles. The molecule has 1 atom stereocenters. The maximum Gasteiger partial charge on any atom is 0.243 e. The molecule has 3 rings (SSSR count). The monoisotopic (exact) mass is 447 g/mol. The number of aromatic nitrogens is 2. The molecule has 1 fully saturated rings. The van der Waals surface area contributed by atoms with Crippen LogP contribution in [0, 0.1) is 5.92 Å². The molecule has 1 aromatic carbocycles. The summed E-state index contributed by atoms with van der Waals surface area (Å²) in [5.74, 6) is 0.260. The van der Waals surface area contributed by atoms with E-state index in [0.29, 0.717) is 17.4 Å². The molecule has 0 saturated heterocycles. The van der Waals surface area contributed by atoms with Crippen LogP contribution in [0.4, 0.5) is 11.5 Å². The smallest absolute Gasteiger partial charge is 0.243 e. The fourth-order valence-corrected chi connectivity index (χ4v) is 4.94. The zero-order valence-corrected chi connectivity index (χ0v) is 18.6. The molecule has 1 saturated carbocycles. The number of nitrogens with one attached hydrogen (secondary N) is 4. The summed E-state index contributed by atoms with van der Waals surface area (Å²) in [4.78, 5) is 23.5. The molecule has 168 valence electrons. The minimum Gasteiger partial charge on any atom is -0.326 e. The average Bonchev–Trinajstić information content (AvgIpc) is 3.15. The van der Waals surface area contributed by atoms with Crippen LogP contribution < -0.4 is 15.4 Å². The second-order valence-electron chi connectivity index (χ2n) is 8.02. The maximum atomic E-state index is 12.6. The van der Waals surface area contributed by atoms with Gasteiger partial charge in [-0.2, -0.15) is 9.82 Å². The van der Waals surface area contributed by atoms with Gasteiger partial charge in [0.1, 0.15) is 0 Å². The number of anilines is 2. The fraction of sp³-hybridized carbons (Fsp3) is 0.476. The first kappa shape index (κ1) is 23.0. The summed E-state index contributed by atoms with van der Waals surface area (Å²) < 4.78 is 27.5. The van der Waals surface area contributed by atoms with Crippen molar-refractivity contribution in [2.24, 2.45) is 5.92 Å². The van der Waals surface area contributed by atoms with Gasteiger partial charge < -0.3 is 10.6 Å². The molecule has 1 aliphatic rings. The lowest BCUT2D eigenvalue weighted by Gasteiger charge is -2.20. The first-order valence-electron chi connectivity index (χ1n) is 10.5. The summed E-state index contributed by atoms with van der Waals surface area (Å²) in [6, 6.07) is 6.50. The van der Waals surface area contributed by atoms with Crippen LogP contribution in [0.2, 0.25) is 0 Å². The van der Waals surface area contributed by atoms with Crippen molar-refractivity contribution in [3.05, 3.63) is 36.0 Å². The van der Waals surface area contributed by atoms with Crippen LogP contribution in [-0.4, -0.2) is 36.5 Å². The van der Waals surface area contributed by atoms with E-state index >= 15 is 0 Å². The van der Waals surface area contributed by atoms with Crippen LogP contribution in [0.3, 0.4) is 0 Å². The number of rotatable bonds is 8. The number of benzene rings is 1. The molecule has 0 aliphatic heterocycles. The summed E-state index contributed by atoms with van der Waals surface area (Å²) in [5.41, 5.74) is 1.45. The van der Waals surface area contributed by atoms with Crippen LogP contribution >= 0.6 is 0 Å². The lowest BCUT2D eigenvalue weighted by molar-refractivity contribution is -0.117. The molecule has 0 spiro atoms. The number of amides is 2. The molecule has 9 nitrogen and oxygen atoms in total. The summed E-state index contributed by atoms with van der Waals surface area (Å²) in [5, 5.41) is 12.3. The Morgan fingerprint density at radius 1 is 1.13 bits per heavy atom. The van der Waals surface area contributed by atoms with Gasteiger partial charge in [0.25, 0.3) is 0 Å². The van der Waals surface area contributed by atoms with Gasteiger partial charge in [-0.3, -0.25) is 14.7 Å². The third kappa shape index (κ3) is 6.63. The average molecular weight is 448 g/mol. The van der Waals surface area contributed by atoms with Crippen molar-refractivity contribution < 1.29 is 18.0 Å². The van der Waals surface area contributed by atoms with Gasteiger partial charge in [0.05, 0.1) is 10.9 Å². The number of sulfonamides is 1. The number of nitrogens with zero attached hydrogens (tertiary/aromatic N) is 1. The van der Waals surface area contributed by atoms with E-state index in [-0.39, 0.29) is 10.8 Å². The Morgan fingerprint density at radius 2 is 1.81 bits per heavy atom. The van der Waals surface area contributed by atoms with Crippen molar-refractivity contribution in [2.45, 2.75) is 63.3 Å². The fourth-order valence-electron chi connectivity index (χ4n) is 3.74. The largest absolute Gasteiger partial charge is 0.326 e. The molecule has 31 heavy (non-hydrogen) atoms. The molecule has 0 unspecified atom stereocenters. The van der Waals surface area contributed by atoms with Gasteiger partial charge in [0, 0.05) is 24.4 Å². The highest BCUT2D eigenvalue weighted by Gasteiger charge is 2.23. The van der Waals surface area contributed by atoms with Crippen molar-refractivity contribution in [3.8, 4) is 0 Å². The minimum absolute atomic E-state index is 0.00390.